The Kier molecular flexibility index (Phi) is 3.17. The van der Waals surface area contributed by atoms with E-state index >= 15 is 0 Å². The second-order valence-corrected chi connectivity index (χ2v) is 5.51. The molecule has 1 nitrogen and oxygen atoms in total. The molecule has 16 heavy (non-hydrogen) atoms. The van der Waals surface area contributed by atoms with E-state index in [0.717, 1.165) is 12.5 Å². The number of nitrogens with one attached hydrogen (secondary N) is 1. The van der Waals surface area contributed by atoms with Crippen LogP contribution in [0.1, 0.15) is 18.9 Å². The van der Waals surface area contributed by atoms with Gasteiger partial charge in [0, 0.05) is 11.5 Å². The second kappa shape index (κ2) is 4.06. The maximum Gasteiger partial charge on any atom is 0.0595 e. The van der Waals surface area contributed by atoms with Gasteiger partial charge in [0.25, 0.3) is 0 Å². The van der Waals surface area contributed by atoms with Crippen molar-refractivity contribution in [2.24, 2.45) is 5.92 Å². The summed E-state index contributed by atoms with van der Waals surface area (Å²) in [5.74, 6) is 0.796. The minimum Gasteiger partial charge on any atom is -0.313 e. The summed E-state index contributed by atoms with van der Waals surface area (Å²) >= 11 is 12.0. The van der Waals surface area contributed by atoms with Gasteiger partial charge in [-0.2, -0.15) is 0 Å². The van der Waals surface area contributed by atoms with Crippen LogP contribution >= 0.6 is 35.6 Å². The normalized spacial score (nSPS) is 35.4. The third kappa shape index (κ3) is 1.57. The maximum absolute atomic E-state index is 6.07. The molecule has 0 aromatic heterocycles. The van der Waals surface area contributed by atoms with E-state index in [1.54, 1.807) is 0 Å². The van der Waals surface area contributed by atoms with Crippen LogP contribution in [0.4, 0.5) is 0 Å². The molecule has 88 valence electrons. The predicted octanol–water partition coefficient (Wildman–Crippen LogP) is 3.66. The van der Waals surface area contributed by atoms with Gasteiger partial charge >= 0.3 is 0 Å². The molecule has 1 aliphatic heterocycles. The number of rotatable bonds is 1. The van der Waals surface area contributed by atoms with Crippen LogP contribution < -0.4 is 5.32 Å². The second-order valence-electron chi connectivity index (χ2n) is 4.70. The molecule has 1 aromatic carbocycles. The zero-order chi connectivity index (χ0) is 10.6. The van der Waals surface area contributed by atoms with Gasteiger partial charge in [0.05, 0.1) is 10.0 Å². The van der Waals surface area contributed by atoms with Crippen molar-refractivity contribution in [2.75, 3.05) is 6.54 Å². The van der Waals surface area contributed by atoms with Crippen LogP contribution in [0.2, 0.25) is 10.0 Å². The molecule has 2 aliphatic rings. The van der Waals surface area contributed by atoms with E-state index in [4.69, 9.17) is 23.2 Å². The van der Waals surface area contributed by atoms with Crippen LogP contribution in [-0.4, -0.2) is 12.6 Å². The fourth-order valence-electron chi connectivity index (χ4n) is 3.02. The highest BCUT2D eigenvalue weighted by molar-refractivity contribution is 6.42. The molecule has 1 saturated heterocycles. The van der Waals surface area contributed by atoms with Crippen LogP contribution in [0.3, 0.4) is 0 Å². The van der Waals surface area contributed by atoms with Gasteiger partial charge in [-0.3, -0.25) is 0 Å². The van der Waals surface area contributed by atoms with E-state index in [2.05, 4.69) is 18.3 Å². The summed E-state index contributed by atoms with van der Waals surface area (Å²) in [7, 11) is 0. The molecule has 1 aliphatic carbocycles. The van der Waals surface area contributed by atoms with Gasteiger partial charge < -0.3 is 5.32 Å². The first-order valence-corrected chi connectivity index (χ1v) is 6.09. The molecule has 3 rings (SSSR count). The number of hydrogen-bond acceptors (Lipinski definition) is 1. The molecule has 4 heteroatoms. The quantitative estimate of drug-likeness (QED) is 0.826. The number of piperidine rings is 1. The summed E-state index contributed by atoms with van der Waals surface area (Å²) in [6.07, 6.45) is 1.29. The number of hydrogen-bond donors (Lipinski definition) is 1. The lowest BCUT2D eigenvalue weighted by atomic mass is 9.89. The maximum atomic E-state index is 6.07. The van der Waals surface area contributed by atoms with Crippen molar-refractivity contribution < 1.29 is 0 Å². The van der Waals surface area contributed by atoms with E-state index in [9.17, 15) is 0 Å². The third-order valence-corrected chi connectivity index (χ3v) is 4.79. The first-order chi connectivity index (χ1) is 7.14. The summed E-state index contributed by atoms with van der Waals surface area (Å²) in [5.41, 5.74) is 1.69. The fraction of sp³-hybridized carbons (Fsp3) is 0.500. The molecule has 0 amide bonds. The molecule has 0 bridgehead atoms. The highest BCUT2D eigenvalue weighted by Crippen LogP contribution is 2.59. The highest BCUT2D eigenvalue weighted by Gasteiger charge is 2.62. The largest absolute Gasteiger partial charge is 0.313 e. The topological polar surface area (TPSA) is 12.0 Å². The Morgan fingerprint density at radius 1 is 1.31 bits per heavy atom. The van der Waals surface area contributed by atoms with Crippen LogP contribution in [-0.2, 0) is 5.41 Å². The van der Waals surface area contributed by atoms with Gasteiger partial charge in [0.1, 0.15) is 0 Å². The predicted molar refractivity (Wildman–Crippen MR) is 71.0 cm³/mol. The molecule has 1 saturated carbocycles. The molecule has 2 fully saturated rings. The minimum atomic E-state index is 0. The summed E-state index contributed by atoms with van der Waals surface area (Å²) in [6, 6.07) is 6.62. The van der Waals surface area contributed by atoms with Gasteiger partial charge in [-0.05, 0) is 43.5 Å². The first-order valence-electron chi connectivity index (χ1n) is 5.33. The Balaban J connectivity index is 0.000000963. The summed E-state index contributed by atoms with van der Waals surface area (Å²) in [6.45, 7) is 3.40. The first kappa shape index (κ1) is 12.5. The Morgan fingerprint density at radius 2 is 2.06 bits per heavy atom. The number of benzene rings is 1. The van der Waals surface area contributed by atoms with Crippen molar-refractivity contribution in [1.82, 2.24) is 5.32 Å². The summed E-state index contributed by atoms with van der Waals surface area (Å²) < 4.78 is 0. The van der Waals surface area contributed by atoms with E-state index in [-0.39, 0.29) is 12.4 Å². The van der Waals surface area contributed by atoms with Gasteiger partial charge in [-0.15, -0.1) is 12.4 Å². The van der Waals surface area contributed by atoms with Gasteiger partial charge in [-0.25, -0.2) is 0 Å². The molecule has 1 aromatic rings. The molecular formula is C12H14Cl3N. The average Bonchev–Trinajstić information content (AvgIpc) is 2.87. The monoisotopic (exact) mass is 277 g/mol. The number of fused-ring (bicyclic) bond motifs is 1. The van der Waals surface area contributed by atoms with Crippen molar-refractivity contribution in [3.8, 4) is 0 Å². The Labute approximate surface area is 112 Å². The van der Waals surface area contributed by atoms with E-state index < -0.39 is 0 Å². The summed E-state index contributed by atoms with van der Waals surface area (Å²) in [4.78, 5) is 0. The van der Waals surface area contributed by atoms with Crippen LogP contribution in [0.25, 0.3) is 0 Å². The molecular weight excluding hydrogens is 264 g/mol. The van der Waals surface area contributed by atoms with Crippen molar-refractivity contribution in [3.05, 3.63) is 33.8 Å². The zero-order valence-electron chi connectivity index (χ0n) is 8.97. The Morgan fingerprint density at radius 3 is 2.56 bits per heavy atom. The van der Waals surface area contributed by atoms with Crippen LogP contribution in [0.5, 0.6) is 0 Å². The smallest absolute Gasteiger partial charge is 0.0595 e. The molecule has 3 unspecified atom stereocenters. The molecule has 0 radical (unpaired) electrons. The Bertz CT molecular complexity index is 421. The van der Waals surface area contributed by atoms with Gasteiger partial charge in [0.15, 0.2) is 0 Å². The van der Waals surface area contributed by atoms with Crippen molar-refractivity contribution >= 4 is 35.6 Å². The average molecular weight is 279 g/mol. The SMILES string of the molecule is CC1NCC2CC21c1ccc(Cl)c(Cl)c1.Cl. The van der Waals surface area contributed by atoms with Gasteiger partial charge in [0.2, 0.25) is 0 Å². The molecule has 0 spiro atoms. The van der Waals surface area contributed by atoms with E-state index in [1.807, 2.05) is 12.1 Å². The van der Waals surface area contributed by atoms with Crippen molar-refractivity contribution in [2.45, 2.75) is 24.8 Å². The highest BCUT2D eigenvalue weighted by atomic mass is 35.5. The summed E-state index contributed by atoms with van der Waals surface area (Å²) in [5, 5.41) is 4.84. The third-order valence-electron chi connectivity index (χ3n) is 4.05. The van der Waals surface area contributed by atoms with Crippen LogP contribution in [0.15, 0.2) is 18.2 Å². The lowest BCUT2D eigenvalue weighted by Gasteiger charge is -2.20. The van der Waals surface area contributed by atoms with E-state index in [0.29, 0.717) is 21.5 Å². The number of halogens is 3. The van der Waals surface area contributed by atoms with Gasteiger partial charge in [-0.1, -0.05) is 29.3 Å². The fourth-order valence-corrected chi connectivity index (χ4v) is 3.32. The van der Waals surface area contributed by atoms with E-state index in [1.165, 1.54) is 12.0 Å². The lowest BCUT2D eigenvalue weighted by Crippen LogP contribution is -2.31. The lowest BCUT2D eigenvalue weighted by molar-refractivity contribution is 0.520. The Hall–Kier alpha value is 0.0500. The zero-order valence-corrected chi connectivity index (χ0v) is 11.3. The van der Waals surface area contributed by atoms with Crippen molar-refractivity contribution in [1.29, 1.82) is 0 Å². The standard InChI is InChI=1S/C12H13Cl2N.ClH/c1-7-12(5-9(12)6-15-7)8-2-3-10(13)11(14)4-8;/h2-4,7,9,15H,5-6H2,1H3;1H. The minimum absolute atomic E-state index is 0. The molecule has 3 atom stereocenters. The molecule has 1 heterocycles. The molecule has 1 N–H and O–H groups in total. The van der Waals surface area contributed by atoms with Crippen molar-refractivity contribution in [3.63, 3.8) is 0 Å². The van der Waals surface area contributed by atoms with Crippen LogP contribution in [0, 0.1) is 5.92 Å².